The summed E-state index contributed by atoms with van der Waals surface area (Å²) in [4.78, 5) is 2.48. The molecule has 3 heteroatoms. The van der Waals surface area contributed by atoms with Gasteiger partial charge in [-0.05, 0) is 20.3 Å². The predicted molar refractivity (Wildman–Crippen MR) is 54.7 cm³/mol. The fourth-order valence-electron chi connectivity index (χ4n) is 1.64. The van der Waals surface area contributed by atoms with E-state index >= 15 is 0 Å². The van der Waals surface area contributed by atoms with E-state index in [9.17, 15) is 0 Å². The van der Waals surface area contributed by atoms with E-state index in [2.05, 4.69) is 25.7 Å². The van der Waals surface area contributed by atoms with Gasteiger partial charge in [0.05, 0.1) is 12.7 Å². The first-order valence-electron chi connectivity index (χ1n) is 5.17. The van der Waals surface area contributed by atoms with E-state index in [4.69, 9.17) is 10.5 Å². The van der Waals surface area contributed by atoms with Gasteiger partial charge < -0.3 is 10.5 Å². The van der Waals surface area contributed by atoms with Gasteiger partial charge in [-0.1, -0.05) is 6.92 Å². The molecular weight excluding hydrogens is 164 g/mol. The zero-order chi connectivity index (χ0) is 9.90. The lowest BCUT2D eigenvalue weighted by molar-refractivity contribution is -0.0583. The van der Waals surface area contributed by atoms with Crippen molar-refractivity contribution in [2.75, 3.05) is 26.2 Å². The fourth-order valence-corrected chi connectivity index (χ4v) is 1.64. The second-order valence-corrected chi connectivity index (χ2v) is 4.34. The van der Waals surface area contributed by atoms with Crippen molar-refractivity contribution in [1.82, 2.24) is 4.90 Å². The molecule has 0 amide bonds. The maximum atomic E-state index is 5.60. The van der Waals surface area contributed by atoms with Crippen molar-refractivity contribution in [2.24, 2.45) is 5.73 Å². The molecule has 0 radical (unpaired) electrons. The number of rotatable bonds is 3. The summed E-state index contributed by atoms with van der Waals surface area (Å²) in [5.41, 5.74) is 5.89. The molecule has 0 unspecified atom stereocenters. The highest BCUT2D eigenvalue weighted by atomic mass is 16.5. The Labute approximate surface area is 81.2 Å². The summed E-state index contributed by atoms with van der Waals surface area (Å²) in [6, 6.07) is 0. The molecule has 0 aromatic rings. The van der Waals surface area contributed by atoms with Crippen LogP contribution in [0.1, 0.15) is 27.2 Å². The molecule has 0 saturated carbocycles. The van der Waals surface area contributed by atoms with E-state index in [1.54, 1.807) is 0 Å². The van der Waals surface area contributed by atoms with Gasteiger partial charge in [-0.3, -0.25) is 4.90 Å². The normalized spacial score (nSPS) is 26.3. The second-order valence-electron chi connectivity index (χ2n) is 4.34. The summed E-state index contributed by atoms with van der Waals surface area (Å²) >= 11 is 0. The molecular formula is C10H22N2O. The number of nitrogens with two attached hydrogens (primary N) is 1. The lowest BCUT2D eigenvalue weighted by Crippen LogP contribution is -2.54. The average molecular weight is 186 g/mol. The summed E-state index contributed by atoms with van der Waals surface area (Å²) in [7, 11) is 0. The maximum Gasteiger partial charge on any atom is 0.0824 e. The summed E-state index contributed by atoms with van der Waals surface area (Å²) in [6.07, 6.45) is 1.41. The smallest absolute Gasteiger partial charge is 0.0824 e. The molecule has 13 heavy (non-hydrogen) atoms. The van der Waals surface area contributed by atoms with Crippen molar-refractivity contribution in [3.8, 4) is 0 Å². The Morgan fingerprint density at radius 1 is 1.54 bits per heavy atom. The van der Waals surface area contributed by atoms with Crippen LogP contribution < -0.4 is 5.73 Å². The van der Waals surface area contributed by atoms with E-state index < -0.39 is 0 Å². The minimum Gasteiger partial charge on any atom is -0.374 e. The summed E-state index contributed by atoms with van der Waals surface area (Å²) < 4.78 is 5.53. The Bertz CT molecular complexity index is 159. The molecule has 0 spiro atoms. The Morgan fingerprint density at radius 2 is 2.23 bits per heavy atom. The van der Waals surface area contributed by atoms with Gasteiger partial charge in [-0.2, -0.15) is 0 Å². The SMILES string of the molecule is CCC(C)(C)N1CCO[C@@H](CN)C1. The Hall–Kier alpha value is -0.120. The highest BCUT2D eigenvalue weighted by Crippen LogP contribution is 2.20. The van der Waals surface area contributed by atoms with Crippen molar-refractivity contribution in [1.29, 1.82) is 0 Å². The van der Waals surface area contributed by atoms with E-state index in [1.807, 2.05) is 0 Å². The first-order valence-corrected chi connectivity index (χ1v) is 5.17. The van der Waals surface area contributed by atoms with Crippen LogP contribution in [-0.2, 0) is 4.74 Å². The average Bonchev–Trinajstić information content (AvgIpc) is 2.18. The maximum absolute atomic E-state index is 5.60. The molecule has 1 aliphatic rings. The van der Waals surface area contributed by atoms with Crippen molar-refractivity contribution in [3.05, 3.63) is 0 Å². The first-order chi connectivity index (χ1) is 6.10. The van der Waals surface area contributed by atoms with E-state index in [0.717, 1.165) is 19.7 Å². The second kappa shape index (κ2) is 4.40. The quantitative estimate of drug-likeness (QED) is 0.709. The minimum atomic E-state index is 0.236. The number of hydrogen-bond donors (Lipinski definition) is 1. The Morgan fingerprint density at radius 3 is 2.77 bits per heavy atom. The molecule has 1 fully saturated rings. The summed E-state index contributed by atoms with van der Waals surface area (Å²) in [5.74, 6) is 0. The van der Waals surface area contributed by atoms with Gasteiger partial charge in [0.15, 0.2) is 0 Å². The van der Waals surface area contributed by atoms with Crippen molar-refractivity contribution >= 4 is 0 Å². The predicted octanol–water partition coefficient (Wildman–Crippen LogP) is 0.835. The van der Waals surface area contributed by atoms with Crippen molar-refractivity contribution in [3.63, 3.8) is 0 Å². The van der Waals surface area contributed by atoms with Crippen LogP contribution in [0.3, 0.4) is 0 Å². The molecule has 0 bridgehead atoms. The monoisotopic (exact) mass is 186 g/mol. The minimum absolute atomic E-state index is 0.236. The molecule has 1 saturated heterocycles. The van der Waals surface area contributed by atoms with Gasteiger partial charge in [0.1, 0.15) is 0 Å². The number of hydrogen-bond acceptors (Lipinski definition) is 3. The Balaban J connectivity index is 2.50. The van der Waals surface area contributed by atoms with Gasteiger partial charge in [-0.25, -0.2) is 0 Å². The van der Waals surface area contributed by atoms with Gasteiger partial charge in [0.25, 0.3) is 0 Å². The highest BCUT2D eigenvalue weighted by Gasteiger charge is 2.29. The number of morpholine rings is 1. The summed E-state index contributed by atoms with van der Waals surface area (Å²) in [6.45, 7) is 10.3. The molecule has 1 aliphatic heterocycles. The van der Waals surface area contributed by atoms with Gasteiger partial charge in [0, 0.05) is 25.2 Å². The third-order valence-corrected chi connectivity index (χ3v) is 3.12. The molecule has 1 atom stereocenters. The van der Waals surface area contributed by atoms with Crippen molar-refractivity contribution in [2.45, 2.75) is 38.8 Å². The fraction of sp³-hybridized carbons (Fsp3) is 1.00. The lowest BCUT2D eigenvalue weighted by atomic mass is 9.98. The number of ether oxygens (including phenoxy) is 1. The third-order valence-electron chi connectivity index (χ3n) is 3.12. The van der Waals surface area contributed by atoms with E-state index in [0.29, 0.717) is 6.54 Å². The van der Waals surface area contributed by atoms with Crippen molar-refractivity contribution < 1.29 is 4.74 Å². The largest absolute Gasteiger partial charge is 0.374 e. The number of nitrogens with zero attached hydrogens (tertiary/aromatic N) is 1. The first kappa shape index (κ1) is 11.0. The van der Waals surface area contributed by atoms with Crippen LogP contribution in [0.2, 0.25) is 0 Å². The van der Waals surface area contributed by atoms with E-state index in [1.165, 1.54) is 6.42 Å². The molecule has 0 aromatic carbocycles. The Kier molecular flexibility index (Phi) is 3.71. The molecule has 0 aliphatic carbocycles. The molecule has 1 rings (SSSR count). The molecule has 0 aromatic heterocycles. The van der Waals surface area contributed by atoms with Crippen LogP contribution >= 0.6 is 0 Å². The zero-order valence-electron chi connectivity index (χ0n) is 9.05. The van der Waals surface area contributed by atoms with Crippen LogP contribution in [0.15, 0.2) is 0 Å². The van der Waals surface area contributed by atoms with Gasteiger partial charge in [-0.15, -0.1) is 0 Å². The molecule has 78 valence electrons. The van der Waals surface area contributed by atoms with Crippen LogP contribution in [-0.4, -0.2) is 42.8 Å². The summed E-state index contributed by atoms with van der Waals surface area (Å²) in [5, 5.41) is 0. The van der Waals surface area contributed by atoms with Gasteiger partial charge >= 0.3 is 0 Å². The van der Waals surface area contributed by atoms with Crippen LogP contribution in [0.5, 0.6) is 0 Å². The van der Waals surface area contributed by atoms with Gasteiger partial charge in [0.2, 0.25) is 0 Å². The van der Waals surface area contributed by atoms with E-state index in [-0.39, 0.29) is 11.6 Å². The standard InChI is InChI=1S/C10H22N2O/c1-4-10(2,3)12-5-6-13-9(7-11)8-12/h9H,4-8,11H2,1-3H3/t9-/m0/s1. The topological polar surface area (TPSA) is 38.5 Å². The lowest BCUT2D eigenvalue weighted by Gasteiger charge is -2.43. The van der Waals surface area contributed by atoms with Crippen LogP contribution in [0.25, 0.3) is 0 Å². The third kappa shape index (κ3) is 2.66. The molecule has 3 nitrogen and oxygen atoms in total. The zero-order valence-corrected chi connectivity index (χ0v) is 9.05. The molecule has 2 N–H and O–H groups in total. The molecule has 1 heterocycles. The van der Waals surface area contributed by atoms with Crippen LogP contribution in [0.4, 0.5) is 0 Å². The van der Waals surface area contributed by atoms with Crippen LogP contribution in [0, 0.1) is 0 Å². The highest BCUT2D eigenvalue weighted by molar-refractivity contribution is 4.84.